The zero-order valence-corrected chi connectivity index (χ0v) is 9.75. The average molecular weight is 214 g/mol. The van der Waals surface area contributed by atoms with Gasteiger partial charge in [-0.2, -0.15) is 0 Å². The molecule has 0 bridgehead atoms. The van der Waals surface area contributed by atoms with Crippen molar-refractivity contribution in [2.75, 3.05) is 13.7 Å². The molecule has 0 radical (unpaired) electrons. The molecule has 2 rings (SSSR count). The van der Waals surface area contributed by atoms with Crippen LogP contribution >= 0.6 is 0 Å². The van der Waals surface area contributed by atoms with Crippen LogP contribution in [-0.4, -0.2) is 36.5 Å². The van der Waals surface area contributed by atoms with Gasteiger partial charge in [0.05, 0.1) is 19.3 Å². The summed E-state index contributed by atoms with van der Waals surface area (Å²) in [6.45, 7) is 6.49. The van der Waals surface area contributed by atoms with E-state index in [0.29, 0.717) is 6.61 Å². The third kappa shape index (κ3) is 1.47. The Hall–Kier alpha value is -0.610. The highest BCUT2D eigenvalue weighted by atomic mass is 16.7. The van der Waals surface area contributed by atoms with Gasteiger partial charge in [-0.1, -0.05) is 0 Å². The molecule has 0 aromatic heterocycles. The van der Waals surface area contributed by atoms with Crippen molar-refractivity contribution in [3.63, 3.8) is 0 Å². The number of hydrogen-bond donors (Lipinski definition) is 0. The van der Waals surface area contributed by atoms with Gasteiger partial charge in [-0.15, -0.1) is 0 Å². The molecule has 15 heavy (non-hydrogen) atoms. The van der Waals surface area contributed by atoms with Crippen molar-refractivity contribution in [3.05, 3.63) is 0 Å². The van der Waals surface area contributed by atoms with Gasteiger partial charge in [-0.05, 0) is 20.8 Å². The predicted molar refractivity (Wildman–Crippen MR) is 53.5 cm³/mol. The molecule has 86 valence electrons. The van der Waals surface area contributed by atoms with Gasteiger partial charge < -0.3 is 14.2 Å². The molecule has 1 spiro atoms. The van der Waals surface area contributed by atoms with E-state index in [1.54, 1.807) is 6.92 Å². The molecular formula is C11H18O4. The quantitative estimate of drug-likeness (QED) is 0.487. The predicted octanol–water partition coefficient (Wildman–Crippen LogP) is 1.28. The largest absolute Gasteiger partial charge is 0.467 e. The molecule has 0 amide bonds. The molecule has 0 saturated carbocycles. The Morgan fingerprint density at radius 1 is 1.33 bits per heavy atom. The summed E-state index contributed by atoms with van der Waals surface area (Å²) in [5.74, 6) is -0.278. The summed E-state index contributed by atoms with van der Waals surface area (Å²) in [6, 6.07) is 0. The maximum Gasteiger partial charge on any atom is 0.340 e. The van der Waals surface area contributed by atoms with E-state index in [0.717, 1.165) is 12.8 Å². The summed E-state index contributed by atoms with van der Waals surface area (Å²) in [4.78, 5) is 11.6. The lowest BCUT2D eigenvalue weighted by Gasteiger charge is -2.34. The van der Waals surface area contributed by atoms with Gasteiger partial charge in [0.15, 0.2) is 5.60 Å². The highest BCUT2D eigenvalue weighted by molar-refractivity contribution is 5.84. The summed E-state index contributed by atoms with van der Waals surface area (Å²) in [7, 11) is 1.40. The molecule has 2 aliphatic heterocycles. The second kappa shape index (κ2) is 2.95. The number of methoxy groups -OCH3 is 1. The van der Waals surface area contributed by atoms with Gasteiger partial charge in [-0.25, -0.2) is 4.79 Å². The highest BCUT2D eigenvalue weighted by Crippen LogP contribution is 2.57. The fraction of sp³-hybridized carbons (Fsp3) is 0.909. The Balaban J connectivity index is 2.15. The van der Waals surface area contributed by atoms with Gasteiger partial charge >= 0.3 is 5.97 Å². The molecule has 0 aliphatic carbocycles. The van der Waals surface area contributed by atoms with Crippen LogP contribution in [0.3, 0.4) is 0 Å². The third-order valence-corrected chi connectivity index (χ3v) is 3.51. The number of carbonyl (C=O) groups is 1. The molecule has 0 N–H and O–H groups in total. The van der Waals surface area contributed by atoms with E-state index in [1.807, 2.05) is 13.8 Å². The summed E-state index contributed by atoms with van der Waals surface area (Å²) in [5.41, 5.74) is -1.34. The minimum Gasteiger partial charge on any atom is -0.467 e. The molecule has 2 fully saturated rings. The van der Waals surface area contributed by atoms with Crippen LogP contribution in [0.4, 0.5) is 0 Å². The standard InChI is InChI=1S/C11H18O4/c1-9(2)7-11(5-6-14-9)10(3,15-11)8(12)13-4/h5-7H2,1-4H3. The van der Waals surface area contributed by atoms with Crippen molar-refractivity contribution >= 4 is 5.97 Å². The average Bonchev–Trinajstić information content (AvgIpc) is 2.68. The minimum atomic E-state index is -0.761. The molecule has 2 atom stereocenters. The molecule has 4 heteroatoms. The van der Waals surface area contributed by atoms with E-state index in [2.05, 4.69) is 0 Å². The van der Waals surface area contributed by atoms with Crippen LogP contribution in [0.1, 0.15) is 33.6 Å². The lowest BCUT2D eigenvalue weighted by molar-refractivity contribution is -0.146. The first-order chi connectivity index (χ1) is 6.85. The highest BCUT2D eigenvalue weighted by Gasteiger charge is 2.74. The number of ether oxygens (including phenoxy) is 3. The first-order valence-corrected chi connectivity index (χ1v) is 5.28. The normalized spacial score (nSPS) is 42.7. The van der Waals surface area contributed by atoms with Crippen molar-refractivity contribution in [3.8, 4) is 0 Å². The minimum absolute atomic E-state index is 0.218. The maximum atomic E-state index is 11.6. The molecule has 0 aromatic rings. The molecule has 0 aromatic carbocycles. The van der Waals surface area contributed by atoms with E-state index in [-0.39, 0.29) is 17.2 Å². The van der Waals surface area contributed by atoms with Crippen molar-refractivity contribution in [1.82, 2.24) is 0 Å². The van der Waals surface area contributed by atoms with Gasteiger partial charge in [0, 0.05) is 12.8 Å². The SMILES string of the molecule is COC(=O)C1(C)OC12CCOC(C)(C)C2. The fourth-order valence-electron chi connectivity index (χ4n) is 2.60. The molecule has 2 heterocycles. The Bertz CT molecular complexity index is 299. The van der Waals surface area contributed by atoms with Crippen LogP contribution in [-0.2, 0) is 19.0 Å². The van der Waals surface area contributed by atoms with Crippen LogP contribution < -0.4 is 0 Å². The molecule has 2 saturated heterocycles. The fourth-order valence-corrected chi connectivity index (χ4v) is 2.60. The van der Waals surface area contributed by atoms with E-state index >= 15 is 0 Å². The monoisotopic (exact) mass is 214 g/mol. The third-order valence-electron chi connectivity index (χ3n) is 3.51. The number of hydrogen-bond acceptors (Lipinski definition) is 4. The van der Waals surface area contributed by atoms with Crippen molar-refractivity contribution in [1.29, 1.82) is 0 Å². The van der Waals surface area contributed by atoms with Crippen LogP contribution in [0, 0.1) is 0 Å². The van der Waals surface area contributed by atoms with Crippen LogP contribution in [0.15, 0.2) is 0 Å². The van der Waals surface area contributed by atoms with E-state index in [9.17, 15) is 4.79 Å². The number of rotatable bonds is 1. The van der Waals surface area contributed by atoms with Crippen LogP contribution in [0.25, 0.3) is 0 Å². The Morgan fingerprint density at radius 2 is 2.00 bits per heavy atom. The summed E-state index contributed by atoms with van der Waals surface area (Å²) in [5, 5.41) is 0. The summed E-state index contributed by atoms with van der Waals surface area (Å²) in [6.07, 6.45) is 1.51. The first kappa shape index (κ1) is 10.9. The second-order valence-corrected chi connectivity index (χ2v) is 5.16. The Kier molecular flexibility index (Phi) is 2.14. The molecule has 2 unspecified atom stereocenters. The summed E-state index contributed by atoms with van der Waals surface area (Å²) >= 11 is 0. The van der Waals surface area contributed by atoms with E-state index in [4.69, 9.17) is 14.2 Å². The Labute approximate surface area is 89.9 Å². The summed E-state index contributed by atoms with van der Waals surface area (Å²) < 4.78 is 16.1. The van der Waals surface area contributed by atoms with Gasteiger partial charge in [0.2, 0.25) is 0 Å². The lowest BCUT2D eigenvalue weighted by Crippen LogP contribution is -2.44. The first-order valence-electron chi connectivity index (χ1n) is 5.28. The van der Waals surface area contributed by atoms with Crippen molar-refractivity contribution in [2.24, 2.45) is 0 Å². The van der Waals surface area contributed by atoms with Gasteiger partial charge in [-0.3, -0.25) is 0 Å². The lowest BCUT2D eigenvalue weighted by atomic mass is 9.80. The number of epoxide rings is 1. The number of esters is 1. The van der Waals surface area contributed by atoms with Crippen molar-refractivity contribution in [2.45, 2.75) is 50.4 Å². The number of carbonyl (C=O) groups excluding carboxylic acids is 1. The van der Waals surface area contributed by atoms with Gasteiger partial charge in [0.1, 0.15) is 5.60 Å². The smallest absolute Gasteiger partial charge is 0.340 e. The van der Waals surface area contributed by atoms with E-state index in [1.165, 1.54) is 7.11 Å². The second-order valence-electron chi connectivity index (χ2n) is 5.16. The van der Waals surface area contributed by atoms with Crippen LogP contribution in [0.5, 0.6) is 0 Å². The van der Waals surface area contributed by atoms with E-state index < -0.39 is 5.60 Å². The molecule has 2 aliphatic rings. The molecule has 4 nitrogen and oxygen atoms in total. The van der Waals surface area contributed by atoms with Crippen molar-refractivity contribution < 1.29 is 19.0 Å². The van der Waals surface area contributed by atoms with Gasteiger partial charge in [0.25, 0.3) is 0 Å². The van der Waals surface area contributed by atoms with Crippen LogP contribution in [0.2, 0.25) is 0 Å². The Morgan fingerprint density at radius 3 is 2.53 bits per heavy atom. The molecular weight excluding hydrogens is 196 g/mol. The topological polar surface area (TPSA) is 48.1 Å². The maximum absolute atomic E-state index is 11.6. The zero-order valence-electron chi connectivity index (χ0n) is 9.75. The zero-order chi connectivity index (χ0) is 11.3.